The van der Waals surface area contributed by atoms with Crippen molar-refractivity contribution in [1.29, 1.82) is 0 Å². The average Bonchev–Trinajstić information content (AvgIpc) is 3.44. The molecule has 1 aromatic heterocycles. The van der Waals surface area contributed by atoms with Crippen molar-refractivity contribution in [2.75, 3.05) is 19.6 Å². The maximum Gasteiger partial charge on any atom is 0.251 e. The van der Waals surface area contributed by atoms with E-state index in [2.05, 4.69) is 69.5 Å². The number of aromatic nitrogens is 1. The zero-order valence-corrected chi connectivity index (χ0v) is 19.5. The van der Waals surface area contributed by atoms with Crippen molar-refractivity contribution in [3.05, 3.63) is 83.9 Å². The van der Waals surface area contributed by atoms with Crippen LogP contribution in [0.4, 0.5) is 0 Å². The fourth-order valence-corrected chi connectivity index (χ4v) is 5.02. The zero-order valence-electron chi connectivity index (χ0n) is 19.5. The van der Waals surface area contributed by atoms with Crippen molar-refractivity contribution < 1.29 is 9.59 Å². The van der Waals surface area contributed by atoms with Gasteiger partial charge in [-0.3, -0.25) is 14.5 Å². The Morgan fingerprint density at radius 3 is 2.53 bits per heavy atom. The first-order valence-electron chi connectivity index (χ1n) is 12.0. The van der Waals surface area contributed by atoms with Gasteiger partial charge < -0.3 is 15.2 Å². The molecule has 1 unspecified atom stereocenters. The normalized spacial score (nSPS) is 16.2. The second-order valence-electron chi connectivity index (χ2n) is 8.95. The summed E-state index contributed by atoms with van der Waals surface area (Å²) in [5.41, 5.74) is 4.40. The molecule has 0 saturated carbocycles. The standard InChI is InChI=1S/C28H30N4O2/c1-2-32-25-11-7-6-10-23(25)24-16-20(12-13-26(24)32)18-31-15-14-22(19-31)30-27(33)17-29-28(34)21-8-4-3-5-9-21/h3-13,16,22H,2,14-15,17-19H2,1H3,(H,29,34)(H,30,33). The number of hydrogen-bond donors (Lipinski definition) is 2. The van der Waals surface area contributed by atoms with Crippen molar-refractivity contribution >= 4 is 33.6 Å². The van der Waals surface area contributed by atoms with Gasteiger partial charge in [0, 0.05) is 59.6 Å². The summed E-state index contributed by atoms with van der Waals surface area (Å²) in [6, 6.07) is 24.4. The van der Waals surface area contributed by atoms with E-state index in [1.807, 2.05) is 18.2 Å². The number of fused-ring (bicyclic) bond motifs is 3. The SMILES string of the molecule is CCn1c2ccccc2c2cc(CN3CCC(NC(=O)CNC(=O)c4ccccc4)C3)ccc21. The van der Waals surface area contributed by atoms with Crippen molar-refractivity contribution in [1.82, 2.24) is 20.1 Å². The summed E-state index contributed by atoms with van der Waals surface area (Å²) in [5, 5.41) is 8.36. The van der Waals surface area contributed by atoms with E-state index in [1.54, 1.807) is 12.1 Å². The van der Waals surface area contributed by atoms with E-state index in [0.29, 0.717) is 5.56 Å². The molecule has 2 amide bonds. The van der Waals surface area contributed by atoms with Gasteiger partial charge in [0.05, 0.1) is 6.54 Å². The Bertz CT molecular complexity index is 1330. The van der Waals surface area contributed by atoms with Crippen molar-refractivity contribution in [2.45, 2.75) is 32.5 Å². The molecule has 1 saturated heterocycles. The summed E-state index contributed by atoms with van der Waals surface area (Å²) in [5.74, 6) is -0.381. The lowest BCUT2D eigenvalue weighted by molar-refractivity contribution is -0.120. The molecule has 5 rings (SSSR count). The summed E-state index contributed by atoms with van der Waals surface area (Å²) in [7, 11) is 0. The minimum atomic E-state index is -0.233. The third kappa shape index (κ3) is 4.54. The molecule has 1 fully saturated rings. The van der Waals surface area contributed by atoms with E-state index in [4.69, 9.17) is 0 Å². The van der Waals surface area contributed by atoms with Gasteiger partial charge in [0.1, 0.15) is 0 Å². The second kappa shape index (κ2) is 9.69. The Labute approximate surface area is 199 Å². The van der Waals surface area contributed by atoms with E-state index in [9.17, 15) is 9.59 Å². The Hall–Kier alpha value is -3.64. The zero-order chi connectivity index (χ0) is 23.5. The van der Waals surface area contributed by atoms with Crippen LogP contribution in [-0.2, 0) is 17.9 Å². The highest BCUT2D eigenvalue weighted by atomic mass is 16.2. The van der Waals surface area contributed by atoms with Gasteiger partial charge in [-0.25, -0.2) is 0 Å². The lowest BCUT2D eigenvalue weighted by Crippen LogP contribution is -2.43. The molecule has 174 valence electrons. The molecule has 0 bridgehead atoms. The highest BCUT2D eigenvalue weighted by Gasteiger charge is 2.24. The van der Waals surface area contributed by atoms with Crippen LogP contribution >= 0.6 is 0 Å². The lowest BCUT2D eigenvalue weighted by atomic mass is 10.1. The number of likely N-dealkylation sites (tertiary alicyclic amines) is 1. The summed E-state index contributed by atoms with van der Waals surface area (Å²) in [4.78, 5) is 26.9. The van der Waals surface area contributed by atoms with Gasteiger partial charge in [0.15, 0.2) is 0 Å². The van der Waals surface area contributed by atoms with E-state index < -0.39 is 0 Å². The van der Waals surface area contributed by atoms with Crippen LogP contribution in [0, 0.1) is 0 Å². The Morgan fingerprint density at radius 2 is 1.71 bits per heavy atom. The lowest BCUT2D eigenvalue weighted by Gasteiger charge is -2.17. The quantitative estimate of drug-likeness (QED) is 0.445. The number of aryl methyl sites for hydroxylation is 1. The third-order valence-electron chi connectivity index (χ3n) is 6.64. The number of nitrogens with one attached hydrogen (secondary N) is 2. The van der Waals surface area contributed by atoms with Gasteiger partial charge in [-0.1, -0.05) is 42.5 Å². The van der Waals surface area contributed by atoms with Gasteiger partial charge in [-0.05, 0) is 49.2 Å². The summed E-state index contributed by atoms with van der Waals surface area (Å²) in [6.45, 7) is 5.73. The second-order valence-corrected chi connectivity index (χ2v) is 8.95. The van der Waals surface area contributed by atoms with Crippen molar-refractivity contribution in [2.24, 2.45) is 0 Å². The molecule has 0 radical (unpaired) electrons. The Morgan fingerprint density at radius 1 is 0.941 bits per heavy atom. The van der Waals surface area contributed by atoms with Gasteiger partial charge in [0.25, 0.3) is 5.91 Å². The van der Waals surface area contributed by atoms with Crippen LogP contribution in [0.5, 0.6) is 0 Å². The predicted octanol–water partition coefficient (Wildman–Crippen LogP) is 3.93. The maximum atomic E-state index is 12.4. The summed E-state index contributed by atoms with van der Waals surface area (Å²) < 4.78 is 2.37. The molecule has 1 atom stereocenters. The third-order valence-corrected chi connectivity index (χ3v) is 6.64. The molecule has 6 nitrogen and oxygen atoms in total. The Balaban J connectivity index is 1.17. The fourth-order valence-electron chi connectivity index (χ4n) is 5.02. The molecular formula is C28H30N4O2. The first-order valence-corrected chi connectivity index (χ1v) is 12.0. The van der Waals surface area contributed by atoms with Gasteiger partial charge in [-0.2, -0.15) is 0 Å². The number of rotatable bonds is 7. The van der Waals surface area contributed by atoms with Gasteiger partial charge in [-0.15, -0.1) is 0 Å². The fraction of sp³-hybridized carbons (Fsp3) is 0.286. The number of nitrogens with zero attached hydrogens (tertiary/aromatic N) is 2. The van der Waals surface area contributed by atoms with Gasteiger partial charge >= 0.3 is 0 Å². The first-order chi connectivity index (χ1) is 16.6. The number of hydrogen-bond acceptors (Lipinski definition) is 3. The first kappa shape index (κ1) is 22.2. The van der Waals surface area contributed by atoms with Crippen molar-refractivity contribution in [3.8, 4) is 0 Å². The molecule has 2 heterocycles. The van der Waals surface area contributed by atoms with E-state index in [0.717, 1.165) is 32.6 Å². The minimum absolute atomic E-state index is 0.0115. The number of carbonyl (C=O) groups excluding carboxylic acids is 2. The molecule has 4 aromatic rings. The summed E-state index contributed by atoms with van der Waals surface area (Å²) >= 11 is 0. The molecule has 2 N–H and O–H groups in total. The van der Waals surface area contributed by atoms with Crippen molar-refractivity contribution in [3.63, 3.8) is 0 Å². The molecule has 1 aliphatic rings. The van der Waals surface area contributed by atoms with Crippen LogP contribution in [0.25, 0.3) is 21.8 Å². The van der Waals surface area contributed by atoms with E-state index in [-0.39, 0.29) is 24.4 Å². The minimum Gasteiger partial charge on any atom is -0.350 e. The van der Waals surface area contributed by atoms with Crippen LogP contribution in [0.15, 0.2) is 72.8 Å². The van der Waals surface area contributed by atoms with Crippen LogP contribution in [0.2, 0.25) is 0 Å². The molecule has 6 heteroatoms. The predicted molar refractivity (Wildman–Crippen MR) is 136 cm³/mol. The smallest absolute Gasteiger partial charge is 0.251 e. The molecular weight excluding hydrogens is 424 g/mol. The maximum absolute atomic E-state index is 12.4. The number of para-hydroxylation sites is 1. The highest BCUT2D eigenvalue weighted by Crippen LogP contribution is 2.30. The molecule has 1 aliphatic heterocycles. The van der Waals surface area contributed by atoms with Crippen LogP contribution in [-0.4, -0.2) is 47.0 Å². The van der Waals surface area contributed by atoms with Crippen LogP contribution < -0.4 is 10.6 Å². The Kier molecular flexibility index (Phi) is 6.32. The molecule has 34 heavy (non-hydrogen) atoms. The summed E-state index contributed by atoms with van der Waals surface area (Å²) in [6.07, 6.45) is 0.912. The molecule has 3 aromatic carbocycles. The van der Waals surface area contributed by atoms with Crippen LogP contribution in [0.3, 0.4) is 0 Å². The van der Waals surface area contributed by atoms with Crippen LogP contribution in [0.1, 0.15) is 29.3 Å². The monoisotopic (exact) mass is 454 g/mol. The topological polar surface area (TPSA) is 66.4 Å². The average molecular weight is 455 g/mol. The van der Waals surface area contributed by atoms with E-state index in [1.165, 1.54) is 27.4 Å². The molecule has 0 spiro atoms. The van der Waals surface area contributed by atoms with E-state index >= 15 is 0 Å². The largest absolute Gasteiger partial charge is 0.350 e. The number of amides is 2. The molecule has 0 aliphatic carbocycles. The van der Waals surface area contributed by atoms with Gasteiger partial charge in [0.2, 0.25) is 5.91 Å². The number of benzene rings is 3. The number of carbonyl (C=O) groups is 2. The highest BCUT2D eigenvalue weighted by molar-refractivity contribution is 6.08.